The Morgan fingerprint density at radius 2 is 2.12 bits per heavy atom. The lowest BCUT2D eigenvalue weighted by Gasteiger charge is -2.33. The Balaban J connectivity index is 1.33. The predicted molar refractivity (Wildman–Crippen MR) is 87.5 cm³/mol. The zero-order valence-corrected chi connectivity index (χ0v) is 13.7. The number of furan rings is 1. The minimum Gasteiger partial charge on any atom is -0.472 e. The van der Waals surface area contributed by atoms with Gasteiger partial charge in [-0.3, -0.25) is 9.69 Å². The highest BCUT2D eigenvalue weighted by Crippen LogP contribution is 2.21. The Morgan fingerprint density at radius 1 is 1.25 bits per heavy atom. The minimum absolute atomic E-state index is 0.0150. The van der Waals surface area contributed by atoms with E-state index in [0.717, 1.165) is 18.0 Å². The van der Waals surface area contributed by atoms with Gasteiger partial charge in [0.2, 0.25) is 11.7 Å². The van der Waals surface area contributed by atoms with Crippen LogP contribution in [0.3, 0.4) is 0 Å². The van der Waals surface area contributed by atoms with Crippen LogP contribution >= 0.6 is 11.3 Å². The van der Waals surface area contributed by atoms with Crippen molar-refractivity contribution in [2.45, 2.75) is 6.54 Å². The molecule has 0 saturated carbocycles. The van der Waals surface area contributed by atoms with Crippen molar-refractivity contribution in [3.8, 4) is 10.7 Å². The van der Waals surface area contributed by atoms with E-state index in [1.807, 2.05) is 22.4 Å². The molecule has 0 bridgehead atoms. The summed E-state index contributed by atoms with van der Waals surface area (Å²) in [6.07, 6.45) is 3.00. The number of carbonyl (C=O) groups excluding carboxylic acids is 1. The molecule has 0 aliphatic carbocycles. The molecule has 0 spiro atoms. The van der Waals surface area contributed by atoms with Gasteiger partial charge in [0.05, 0.1) is 23.2 Å². The summed E-state index contributed by atoms with van der Waals surface area (Å²) in [5, 5.41) is 6.01. The number of nitrogens with zero attached hydrogens (tertiary/aromatic N) is 4. The number of hydrogen-bond donors (Lipinski definition) is 0. The average molecular weight is 344 g/mol. The van der Waals surface area contributed by atoms with Crippen molar-refractivity contribution >= 4 is 17.2 Å². The molecule has 7 nitrogen and oxygen atoms in total. The minimum atomic E-state index is 0.0150. The molecule has 24 heavy (non-hydrogen) atoms. The SMILES string of the molecule is O=C(c1ccoc1)N1CCN(Cc2nc(-c3cccs3)no2)CC1. The Bertz CT molecular complexity index is 789. The summed E-state index contributed by atoms with van der Waals surface area (Å²) in [6.45, 7) is 3.51. The van der Waals surface area contributed by atoms with Crippen molar-refractivity contribution in [2.75, 3.05) is 26.2 Å². The summed E-state index contributed by atoms with van der Waals surface area (Å²) in [6, 6.07) is 5.63. The van der Waals surface area contributed by atoms with E-state index in [4.69, 9.17) is 8.94 Å². The van der Waals surface area contributed by atoms with E-state index in [2.05, 4.69) is 15.0 Å². The maximum atomic E-state index is 12.3. The Labute approximate surface area is 142 Å². The lowest BCUT2D eigenvalue weighted by Crippen LogP contribution is -2.48. The molecule has 3 aromatic rings. The van der Waals surface area contributed by atoms with Crippen LogP contribution in [0.2, 0.25) is 0 Å². The van der Waals surface area contributed by atoms with Gasteiger partial charge in [-0.05, 0) is 17.5 Å². The number of amides is 1. The third-order valence-electron chi connectivity index (χ3n) is 4.00. The van der Waals surface area contributed by atoms with Gasteiger partial charge in [-0.1, -0.05) is 11.2 Å². The quantitative estimate of drug-likeness (QED) is 0.723. The summed E-state index contributed by atoms with van der Waals surface area (Å²) in [7, 11) is 0. The second kappa shape index (κ2) is 6.58. The van der Waals surface area contributed by atoms with E-state index in [-0.39, 0.29) is 5.91 Å². The molecular formula is C16H16N4O3S. The van der Waals surface area contributed by atoms with Crippen molar-refractivity contribution in [1.29, 1.82) is 0 Å². The largest absolute Gasteiger partial charge is 0.472 e. The van der Waals surface area contributed by atoms with Crippen molar-refractivity contribution in [3.05, 3.63) is 47.6 Å². The predicted octanol–water partition coefficient (Wildman–Crippen LogP) is 2.35. The molecule has 1 saturated heterocycles. The van der Waals surface area contributed by atoms with E-state index < -0.39 is 0 Å². The van der Waals surface area contributed by atoms with Crippen LogP contribution in [0.5, 0.6) is 0 Å². The number of aromatic nitrogens is 2. The molecule has 3 aromatic heterocycles. The highest BCUT2D eigenvalue weighted by Gasteiger charge is 2.24. The summed E-state index contributed by atoms with van der Waals surface area (Å²) in [4.78, 5) is 21.8. The summed E-state index contributed by atoms with van der Waals surface area (Å²) >= 11 is 1.59. The third kappa shape index (κ3) is 3.10. The molecule has 0 unspecified atom stereocenters. The van der Waals surface area contributed by atoms with Crippen LogP contribution in [0.15, 0.2) is 45.0 Å². The molecule has 0 radical (unpaired) electrons. The highest BCUT2D eigenvalue weighted by atomic mass is 32.1. The van der Waals surface area contributed by atoms with Gasteiger partial charge in [-0.2, -0.15) is 4.98 Å². The number of hydrogen-bond acceptors (Lipinski definition) is 7. The average Bonchev–Trinajstić information content (AvgIpc) is 3.36. The van der Waals surface area contributed by atoms with E-state index in [0.29, 0.717) is 36.9 Å². The third-order valence-corrected chi connectivity index (χ3v) is 4.86. The van der Waals surface area contributed by atoms with E-state index >= 15 is 0 Å². The maximum absolute atomic E-state index is 12.3. The summed E-state index contributed by atoms with van der Waals surface area (Å²) in [5.74, 6) is 1.25. The number of carbonyl (C=O) groups is 1. The van der Waals surface area contributed by atoms with Gasteiger partial charge in [0.25, 0.3) is 5.91 Å². The van der Waals surface area contributed by atoms with Crippen LogP contribution in [-0.4, -0.2) is 52.0 Å². The molecule has 4 rings (SSSR count). The van der Waals surface area contributed by atoms with Gasteiger partial charge in [-0.25, -0.2) is 0 Å². The number of piperazine rings is 1. The second-order valence-corrected chi connectivity index (χ2v) is 6.52. The molecule has 124 valence electrons. The monoisotopic (exact) mass is 344 g/mol. The van der Waals surface area contributed by atoms with E-state index in [9.17, 15) is 4.79 Å². The normalized spacial score (nSPS) is 15.8. The number of thiophene rings is 1. The molecule has 4 heterocycles. The van der Waals surface area contributed by atoms with Crippen LogP contribution in [0, 0.1) is 0 Å². The first-order chi connectivity index (χ1) is 11.8. The molecule has 0 N–H and O–H groups in total. The zero-order chi connectivity index (χ0) is 16.4. The lowest BCUT2D eigenvalue weighted by atomic mass is 10.2. The van der Waals surface area contributed by atoms with Gasteiger partial charge in [-0.15, -0.1) is 11.3 Å². The highest BCUT2D eigenvalue weighted by molar-refractivity contribution is 7.13. The van der Waals surface area contributed by atoms with Crippen LogP contribution in [0.4, 0.5) is 0 Å². The molecule has 0 aromatic carbocycles. The second-order valence-electron chi connectivity index (χ2n) is 5.57. The smallest absolute Gasteiger partial charge is 0.257 e. The van der Waals surface area contributed by atoms with Crippen molar-refractivity contribution in [1.82, 2.24) is 19.9 Å². The van der Waals surface area contributed by atoms with Gasteiger partial charge in [0, 0.05) is 26.2 Å². The fraction of sp³-hybridized carbons (Fsp3) is 0.312. The van der Waals surface area contributed by atoms with Gasteiger partial charge in [0.1, 0.15) is 6.26 Å². The molecule has 0 atom stereocenters. The molecule has 1 fully saturated rings. The first-order valence-corrected chi connectivity index (χ1v) is 8.58. The van der Waals surface area contributed by atoms with Crippen molar-refractivity contribution in [2.24, 2.45) is 0 Å². The fourth-order valence-corrected chi connectivity index (χ4v) is 3.34. The standard InChI is InChI=1S/C16H16N4O3S/c21-16(12-3-8-22-11-12)20-6-4-19(5-7-20)10-14-17-15(18-23-14)13-2-1-9-24-13/h1-3,8-9,11H,4-7,10H2. The lowest BCUT2D eigenvalue weighted by molar-refractivity contribution is 0.0614. The molecule has 1 aliphatic heterocycles. The molecule has 1 aliphatic rings. The van der Waals surface area contributed by atoms with Crippen LogP contribution < -0.4 is 0 Å². The topological polar surface area (TPSA) is 75.6 Å². The summed E-state index contributed by atoms with van der Waals surface area (Å²) < 4.78 is 10.3. The van der Waals surface area contributed by atoms with Crippen LogP contribution in [0.1, 0.15) is 16.2 Å². The van der Waals surface area contributed by atoms with Gasteiger partial charge < -0.3 is 13.8 Å². The van der Waals surface area contributed by atoms with Crippen LogP contribution in [-0.2, 0) is 6.54 Å². The molecule has 8 heteroatoms. The van der Waals surface area contributed by atoms with E-state index in [1.54, 1.807) is 17.4 Å². The first-order valence-electron chi connectivity index (χ1n) is 7.70. The fourth-order valence-electron chi connectivity index (χ4n) is 2.69. The van der Waals surface area contributed by atoms with E-state index in [1.165, 1.54) is 12.5 Å². The molecule has 1 amide bonds. The summed E-state index contributed by atoms with van der Waals surface area (Å²) in [5.41, 5.74) is 0.598. The Morgan fingerprint density at radius 3 is 2.83 bits per heavy atom. The van der Waals surface area contributed by atoms with Crippen molar-refractivity contribution < 1.29 is 13.7 Å². The van der Waals surface area contributed by atoms with Crippen molar-refractivity contribution in [3.63, 3.8) is 0 Å². The Kier molecular flexibility index (Phi) is 4.14. The molecular weight excluding hydrogens is 328 g/mol. The first kappa shape index (κ1) is 15.1. The zero-order valence-electron chi connectivity index (χ0n) is 12.9. The Hall–Kier alpha value is -2.45. The van der Waals surface area contributed by atoms with Gasteiger partial charge in [0.15, 0.2) is 0 Å². The maximum Gasteiger partial charge on any atom is 0.257 e. The number of rotatable bonds is 4. The van der Waals surface area contributed by atoms with Crippen LogP contribution in [0.25, 0.3) is 10.7 Å². The van der Waals surface area contributed by atoms with Gasteiger partial charge >= 0.3 is 0 Å².